The number of nitrogens with one attached hydrogen (secondary N) is 1. The molecule has 0 fully saturated rings. The van der Waals surface area contributed by atoms with Crippen molar-refractivity contribution in [3.8, 4) is 0 Å². The second kappa shape index (κ2) is 4.34. The molecule has 2 aromatic rings. The molecule has 0 saturated heterocycles. The van der Waals surface area contributed by atoms with Crippen molar-refractivity contribution in [1.29, 1.82) is 0 Å². The zero-order valence-corrected chi connectivity index (χ0v) is 11.6. The minimum atomic E-state index is -0.550. The van der Waals surface area contributed by atoms with Crippen LogP contribution in [0.2, 0.25) is 5.02 Å². The maximum absolute atomic E-state index is 11.8. The molecule has 3 N–H and O–H groups in total. The van der Waals surface area contributed by atoms with E-state index < -0.39 is 11.9 Å². The van der Waals surface area contributed by atoms with Gasteiger partial charge in [-0.3, -0.25) is 9.48 Å². The fourth-order valence-corrected chi connectivity index (χ4v) is 2.66. The number of nitrogens with zero attached hydrogens (tertiary/aromatic N) is 5. The summed E-state index contributed by atoms with van der Waals surface area (Å²) in [5, 5.41) is 11.7. The molecular weight excluding hydrogens is 282 g/mol. The third-order valence-electron chi connectivity index (χ3n) is 3.26. The first-order valence-corrected chi connectivity index (χ1v) is 6.23. The highest BCUT2D eigenvalue weighted by atomic mass is 35.5. The second-order valence-electron chi connectivity index (χ2n) is 4.46. The quantitative estimate of drug-likeness (QED) is 0.836. The summed E-state index contributed by atoms with van der Waals surface area (Å²) in [5.41, 5.74) is 7.15. The van der Waals surface area contributed by atoms with E-state index in [2.05, 4.69) is 20.5 Å². The lowest BCUT2D eigenvalue weighted by Crippen LogP contribution is -2.33. The van der Waals surface area contributed by atoms with Crippen molar-refractivity contribution in [2.75, 3.05) is 5.32 Å². The van der Waals surface area contributed by atoms with Crippen molar-refractivity contribution in [1.82, 2.24) is 24.5 Å². The first kappa shape index (κ1) is 12.7. The van der Waals surface area contributed by atoms with Crippen LogP contribution >= 0.6 is 11.6 Å². The Morgan fingerprint density at radius 1 is 1.50 bits per heavy atom. The van der Waals surface area contributed by atoms with Gasteiger partial charge in [-0.25, -0.2) is 4.68 Å². The molecule has 0 unspecified atom stereocenters. The zero-order chi connectivity index (χ0) is 14.4. The molecule has 1 atom stereocenters. The van der Waals surface area contributed by atoms with Crippen molar-refractivity contribution >= 4 is 23.5 Å². The second-order valence-corrected chi connectivity index (χ2v) is 4.87. The van der Waals surface area contributed by atoms with E-state index in [1.807, 2.05) is 0 Å². The Morgan fingerprint density at radius 2 is 2.25 bits per heavy atom. The molecule has 104 valence electrons. The Hall–Kier alpha value is -2.35. The van der Waals surface area contributed by atoms with Crippen LogP contribution in [0.1, 0.15) is 18.7 Å². The van der Waals surface area contributed by atoms with Gasteiger partial charge in [-0.15, -0.1) is 0 Å². The number of carbonyl (C=O) groups excluding carboxylic acids is 1. The third kappa shape index (κ3) is 1.68. The van der Waals surface area contributed by atoms with Gasteiger partial charge in [-0.2, -0.15) is 15.2 Å². The van der Waals surface area contributed by atoms with Crippen LogP contribution < -0.4 is 11.1 Å². The first-order valence-electron chi connectivity index (χ1n) is 5.85. The number of allylic oxidation sites excluding steroid dienone is 1. The van der Waals surface area contributed by atoms with E-state index in [9.17, 15) is 4.79 Å². The topological polar surface area (TPSA) is 104 Å². The molecule has 8 nitrogen and oxygen atoms in total. The number of rotatable bonds is 2. The molecule has 1 amide bonds. The fourth-order valence-electron chi connectivity index (χ4n) is 2.39. The number of aromatic nitrogens is 5. The van der Waals surface area contributed by atoms with Crippen molar-refractivity contribution < 1.29 is 4.79 Å². The number of nitrogens with two attached hydrogens (primary N) is 1. The van der Waals surface area contributed by atoms with Crippen molar-refractivity contribution in [2.45, 2.75) is 13.0 Å². The summed E-state index contributed by atoms with van der Waals surface area (Å²) in [6, 6.07) is -0.550. The predicted octanol–water partition coefficient (Wildman–Crippen LogP) is 0.439. The SMILES string of the molecule is CC1=C(C(N)=O)[C@@H](c2c(Cl)cnn2C)n2ncnc2N1. The molecule has 3 rings (SSSR count). The molecular formula is C11H12ClN7O. The van der Waals surface area contributed by atoms with Crippen LogP contribution in [-0.2, 0) is 11.8 Å². The number of hydrogen-bond acceptors (Lipinski definition) is 5. The lowest BCUT2D eigenvalue weighted by atomic mass is 9.99. The highest BCUT2D eigenvalue weighted by Crippen LogP contribution is 2.36. The third-order valence-corrected chi connectivity index (χ3v) is 3.55. The van der Waals surface area contributed by atoms with Crippen molar-refractivity contribution in [2.24, 2.45) is 12.8 Å². The number of primary amides is 1. The highest BCUT2D eigenvalue weighted by molar-refractivity contribution is 6.31. The van der Waals surface area contributed by atoms with Crippen LogP contribution in [0, 0.1) is 0 Å². The van der Waals surface area contributed by atoms with Gasteiger partial charge < -0.3 is 11.1 Å². The van der Waals surface area contributed by atoms with Gasteiger partial charge in [0.1, 0.15) is 12.4 Å². The molecule has 1 aliphatic heterocycles. The summed E-state index contributed by atoms with van der Waals surface area (Å²) in [5.74, 6) is -0.0202. The van der Waals surface area contributed by atoms with Gasteiger partial charge in [0, 0.05) is 12.7 Å². The molecule has 2 aromatic heterocycles. The van der Waals surface area contributed by atoms with E-state index in [0.29, 0.717) is 27.9 Å². The highest BCUT2D eigenvalue weighted by Gasteiger charge is 2.35. The van der Waals surface area contributed by atoms with Gasteiger partial charge in [0.25, 0.3) is 0 Å². The van der Waals surface area contributed by atoms with E-state index >= 15 is 0 Å². The average Bonchev–Trinajstić information content (AvgIpc) is 2.95. The Bertz CT molecular complexity index is 709. The van der Waals surface area contributed by atoms with Gasteiger partial charge >= 0.3 is 0 Å². The fraction of sp³-hybridized carbons (Fsp3) is 0.273. The van der Waals surface area contributed by atoms with Gasteiger partial charge in [-0.1, -0.05) is 11.6 Å². The van der Waals surface area contributed by atoms with E-state index in [1.165, 1.54) is 12.5 Å². The van der Waals surface area contributed by atoms with E-state index in [0.717, 1.165) is 0 Å². The van der Waals surface area contributed by atoms with Crippen LogP contribution in [0.5, 0.6) is 0 Å². The number of halogens is 1. The summed E-state index contributed by atoms with van der Waals surface area (Å²) in [6.45, 7) is 1.76. The van der Waals surface area contributed by atoms with Crippen LogP contribution in [0.25, 0.3) is 0 Å². The maximum Gasteiger partial charge on any atom is 0.248 e. The molecule has 0 aliphatic carbocycles. The van der Waals surface area contributed by atoms with E-state index in [-0.39, 0.29) is 0 Å². The molecule has 0 saturated carbocycles. The average molecular weight is 294 g/mol. The molecule has 3 heterocycles. The van der Waals surface area contributed by atoms with Crippen LogP contribution in [0.4, 0.5) is 5.95 Å². The van der Waals surface area contributed by atoms with Crippen LogP contribution in [-0.4, -0.2) is 30.5 Å². The Balaban J connectivity index is 2.28. The van der Waals surface area contributed by atoms with Crippen molar-refractivity contribution in [3.63, 3.8) is 0 Å². The Kier molecular flexibility index (Phi) is 2.75. The smallest absolute Gasteiger partial charge is 0.248 e. The summed E-state index contributed by atoms with van der Waals surface area (Å²) in [6.07, 6.45) is 2.92. The number of anilines is 1. The first-order chi connectivity index (χ1) is 9.50. The predicted molar refractivity (Wildman–Crippen MR) is 71.9 cm³/mol. The number of amides is 1. The zero-order valence-electron chi connectivity index (χ0n) is 10.8. The Morgan fingerprint density at radius 3 is 2.85 bits per heavy atom. The summed E-state index contributed by atoms with van der Waals surface area (Å²) in [7, 11) is 1.74. The lowest BCUT2D eigenvalue weighted by Gasteiger charge is -2.27. The van der Waals surface area contributed by atoms with Gasteiger partial charge in [0.2, 0.25) is 11.9 Å². The molecule has 0 spiro atoms. The summed E-state index contributed by atoms with van der Waals surface area (Å²) >= 11 is 6.19. The van der Waals surface area contributed by atoms with Gasteiger partial charge in [-0.05, 0) is 6.92 Å². The lowest BCUT2D eigenvalue weighted by molar-refractivity contribution is -0.115. The van der Waals surface area contributed by atoms with Crippen LogP contribution in [0.15, 0.2) is 23.8 Å². The van der Waals surface area contributed by atoms with E-state index in [1.54, 1.807) is 23.3 Å². The molecule has 0 radical (unpaired) electrons. The normalized spacial score (nSPS) is 17.9. The number of aryl methyl sites for hydroxylation is 1. The summed E-state index contributed by atoms with van der Waals surface area (Å²) in [4.78, 5) is 15.9. The van der Waals surface area contributed by atoms with Crippen molar-refractivity contribution in [3.05, 3.63) is 34.5 Å². The minimum Gasteiger partial charge on any atom is -0.366 e. The van der Waals surface area contributed by atoms with Gasteiger partial charge in [0.05, 0.1) is 22.5 Å². The molecule has 1 aliphatic rings. The summed E-state index contributed by atoms with van der Waals surface area (Å²) < 4.78 is 3.16. The van der Waals surface area contributed by atoms with Gasteiger partial charge in [0.15, 0.2) is 0 Å². The van der Waals surface area contributed by atoms with Crippen LogP contribution in [0.3, 0.4) is 0 Å². The molecule has 20 heavy (non-hydrogen) atoms. The number of fused-ring (bicyclic) bond motifs is 1. The number of carbonyl (C=O) groups is 1. The molecule has 0 bridgehead atoms. The van der Waals surface area contributed by atoms with E-state index in [4.69, 9.17) is 17.3 Å². The standard InChI is InChI=1S/C11H12ClN7O/c1-5-7(10(13)20)9(8-6(12)3-15-18(8)2)19-11(17-5)14-4-16-19/h3-4,9H,1-2H3,(H2,13,20)(H,14,16,17)/t9-/m0/s1. The largest absolute Gasteiger partial charge is 0.366 e. The number of hydrogen-bond donors (Lipinski definition) is 2. The maximum atomic E-state index is 11.8. The monoisotopic (exact) mass is 293 g/mol. The molecule has 9 heteroatoms. The Labute approximate surface area is 119 Å². The molecule has 0 aromatic carbocycles. The minimum absolute atomic E-state index is 0.383.